The van der Waals surface area contributed by atoms with Crippen molar-refractivity contribution in [3.05, 3.63) is 0 Å². The Morgan fingerprint density at radius 2 is 2.00 bits per heavy atom. The maximum Gasteiger partial charge on any atom is 0.130 e. The molecule has 2 heteroatoms. The summed E-state index contributed by atoms with van der Waals surface area (Å²) in [5.41, 5.74) is 0. The van der Waals surface area contributed by atoms with Crippen molar-refractivity contribution in [2.24, 2.45) is 0 Å². The van der Waals surface area contributed by atoms with E-state index in [1.807, 2.05) is 0 Å². The van der Waals surface area contributed by atoms with Crippen LogP contribution in [0.3, 0.4) is 0 Å². The molecule has 1 aliphatic heterocycles. The Kier molecular flexibility index (Phi) is 0.910. The zero-order valence-electron chi connectivity index (χ0n) is 4.85. The van der Waals surface area contributed by atoms with E-state index in [2.05, 4.69) is 0 Å². The fourth-order valence-electron chi connectivity index (χ4n) is 1.52. The molecule has 2 aliphatic rings. The monoisotopic (exact) mass is 130 g/mol. The van der Waals surface area contributed by atoms with Gasteiger partial charge in [-0.2, -0.15) is 0 Å². The van der Waals surface area contributed by atoms with Crippen LogP contribution in [-0.4, -0.2) is 15.1 Å². The van der Waals surface area contributed by atoms with Gasteiger partial charge in [0.05, 0.1) is 0 Å². The predicted molar refractivity (Wildman–Crippen MR) is 34.2 cm³/mol. The zero-order chi connectivity index (χ0) is 5.61. The minimum atomic E-state index is -0.409. The molecule has 0 aromatic carbocycles. The molecule has 1 spiro atoms. The van der Waals surface area contributed by atoms with Crippen LogP contribution < -0.4 is 0 Å². The van der Waals surface area contributed by atoms with Gasteiger partial charge in [0, 0.05) is 6.42 Å². The summed E-state index contributed by atoms with van der Waals surface area (Å²) < 4.78 is 11.3. The largest absolute Gasteiger partial charge is 0.616 e. The van der Waals surface area contributed by atoms with E-state index in [0.29, 0.717) is 4.75 Å². The molecule has 0 bridgehead atoms. The van der Waals surface area contributed by atoms with E-state index in [9.17, 15) is 4.55 Å². The second-order valence-corrected chi connectivity index (χ2v) is 4.80. The first kappa shape index (κ1) is 5.12. The maximum atomic E-state index is 10.9. The zero-order valence-corrected chi connectivity index (χ0v) is 5.67. The van der Waals surface area contributed by atoms with Crippen LogP contribution in [0.5, 0.6) is 0 Å². The Hall–Kier alpha value is 0.310. The Balaban J connectivity index is 2.03. The molecular formula is C6H10OS. The van der Waals surface area contributed by atoms with Crippen molar-refractivity contribution in [3.63, 3.8) is 0 Å². The highest BCUT2D eigenvalue weighted by atomic mass is 32.2. The Bertz CT molecular complexity index is 104. The van der Waals surface area contributed by atoms with E-state index in [0.717, 1.165) is 5.75 Å². The Morgan fingerprint density at radius 3 is 2.00 bits per heavy atom. The van der Waals surface area contributed by atoms with Crippen molar-refractivity contribution in [3.8, 4) is 0 Å². The van der Waals surface area contributed by atoms with Crippen molar-refractivity contribution in [2.75, 3.05) is 5.75 Å². The number of hydrogen-bond acceptors (Lipinski definition) is 1. The van der Waals surface area contributed by atoms with Gasteiger partial charge in [0.2, 0.25) is 0 Å². The Morgan fingerprint density at radius 1 is 1.25 bits per heavy atom. The van der Waals surface area contributed by atoms with E-state index in [4.69, 9.17) is 0 Å². The van der Waals surface area contributed by atoms with Gasteiger partial charge in [-0.1, -0.05) is 0 Å². The molecule has 1 unspecified atom stereocenters. The van der Waals surface area contributed by atoms with E-state index in [1.54, 1.807) is 0 Å². The number of hydrogen-bond donors (Lipinski definition) is 0. The smallest absolute Gasteiger partial charge is 0.130 e. The van der Waals surface area contributed by atoms with Gasteiger partial charge in [-0.05, 0) is 30.4 Å². The fraction of sp³-hybridized carbons (Fsp3) is 1.00. The minimum absolute atomic E-state index is 0.375. The van der Waals surface area contributed by atoms with Crippen LogP contribution in [0, 0.1) is 0 Å². The maximum absolute atomic E-state index is 10.9. The average molecular weight is 130 g/mol. The van der Waals surface area contributed by atoms with E-state index < -0.39 is 11.2 Å². The van der Waals surface area contributed by atoms with Crippen molar-refractivity contribution in [1.29, 1.82) is 0 Å². The third-order valence-corrected chi connectivity index (χ3v) is 4.64. The van der Waals surface area contributed by atoms with Crippen molar-refractivity contribution in [1.82, 2.24) is 0 Å². The van der Waals surface area contributed by atoms with Crippen LogP contribution in [0.2, 0.25) is 0 Å². The summed E-state index contributed by atoms with van der Waals surface area (Å²) >= 11 is -0.409. The lowest BCUT2D eigenvalue weighted by Crippen LogP contribution is -2.55. The molecule has 0 amide bonds. The molecule has 2 fully saturated rings. The van der Waals surface area contributed by atoms with E-state index in [-0.39, 0.29) is 0 Å². The lowest BCUT2D eigenvalue weighted by Gasteiger charge is -2.49. The Labute approximate surface area is 52.6 Å². The molecule has 0 radical (unpaired) electrons. The summed E-state index contributed by atoms with van der Waals surface area (Å²) in [4.78, 5) is 0. The summed E-state index contributed by atoms with van der Waals surface area (Å²) in [6.07, 6.45) is 5.07. The molecule has 2 rings (SSSR count). The molecular weight excluding hydrogens is 120 g/mol. The summed E-state index contributed by atoms with van der Waals surface area (Å²) in [5, 5.41) is 0. The summed E-state index contributed by atoms with van der Waals surface area (Å²) in [6.45, 7) is 0. The highest BCUT2D eigenvalue weighted by Crippen LogP contribution is 2.49. The van der Waals surface area contributed by atoms with Gasteiger partial charge in [0.25, 0.3) is 0 Å². The lowest BCUT2D eigenvalue weighted by molar-refractivity contribution is 0.299. The summed E-state index contributed by atoms with van der Waals surface area (Å²) in [6, 6.07) is 0. The van der Waals surface area contributed by atoms with Crippen LogP contribution in [0.1, 0.15) is 25.7 Å². The normalized spacial score (nSPS) is 40.9. The van der Waals surface area contributed by atoms with Gasteiger partial charge in [0.15, 0.2) is 0 Å². The SMILES string of the molecule is [O-][S+]1CCC12CCC2. The van der Waals surface area contributed by atoms with Crippen LogP contribution in [-0.2, 0) is 11.2 Å². The first-order valence-electron chi connectivity index (χ1n) is 3.22. The third-order valence-electron chi connectivity index (χ3n) is 2.49. The molecule has 1 saturated heterocycles. The van der Waals surface area contributed by atoms with Gasteiger partial charge in [-0.3, -0.25) is 0 Å². The summed E-state index contributed by atoms with van der Waals surface area (Å²) in [7, 11) is 0. The first-order chi connectivity index (χ1) is 3.83. The standard InChI is InChI=1S/C6H10OS/c7-8-5-4-6(8)2-1-3-6/h1-5H2. The molecule has 0 aromatic heterocycles. The molecule has 1 nitrogen and oxygen atoms in total. The highest BCUT2D eigenvalue weighted by Gasteiger charge is 2.55. The predicted octanol–water partition coefficient (Wildman–Crippen LogP) is 1.06. The molecule has 1 heterocycles. The second-order valence-electron chi connectivity index (χ2n) is 2.84. The van der Waals surface area contributed by atoms with Gasteiger partial charge in [0.1, 0.15) is 10.5 Å². The minimum Gasteiger partial charge on any atom is -0.616 e. The second kappa shape index (κ2) is 1.42. The lowest BCUT2D eigenvalue weighted by atomic mass is 9.81. The molecule has 46 valence electrons. The van der Waals surface area contributed by atoms with Gasteiger partial charge < -0.3 is 4.55 Å². The van der Waals surface area contributed by atoms with E-state index in [1.165, 1.54) is 25.7 Å². The van der Waals surface area contributed by atoms with Crippen LogP contribution in [0.25, 0.3) is 0 Å². The van der Waals surface area contributed by atoms with Crippen LogP contribution >= 0.6 is 0 Å². The summed E-state index contributed by atoms with van der Waals surface area (Å²) in [5.74, 6) is 0.986. The average Bonchev–Trinajstić information content (AvgIpc) is 1.58. The van der Waals surface area contributed by atoms with Crippen LogP contribution in [0.15, 0.2) is 0 Å². The molecule has 1 aliphatic carbocycles. The third kappa shape index (κ3) is 0.431. The van der Waals surface area contributed by atoms with Crippen LogP contribution in [0.4, 0.5) is 0 Å². The molecule has 0 N–H and O–H groups in total. The number of rotatable bonds is 0. The molecule has 0 aromatic rings. The highest BCUT2D eigenvalue weighted by molar-refractivity contribution is 7.94. The molecule has 1 atom stereocenters. The molecule has 8 heavy (non-hydrogen) atoms. The first-order valence-corrected chi connectivity index (χ1v) is 4.54. The van der Waals surface area contributed by atoms with Crippen molar-refractivity contribution >= 4 is 11.2 Å². The van der Waals surface area contributed by atoms with Gasteiger partial charge in [-0.15, -0.1) is 0 Å². The fourth-order valence-corrected chi connectivity index (χ4v) is 3.22. The quantitative estimate of drug-likeness (QED) is 0.450. The van der Waals surface area contributed by atoms with Gasteiger partial charge >= 0.3 is 0 Å². The van der Waals surface area contributed by atoms with Gasteiger partial charge in [-0.25, -0.2) is 0 Å². The molecule has 1 saturated carbocycles. The topological polar surface area (TPSA) is 23.1 Å². The van der Waals surface area contributed by atoms with E-state index >= 15 is 0 Å². The van der Waals surface area contributed by atoms with Crippen molar-refractivity contribution in [2.45, 2.75) is 30.4 Å². The van der Waals surface area contributed by atoms with Crippen molar-refractivity contribution < 1.29 is 4.55 Å².